The van der Waals surface area contributed by atoms with Crippen molar-refractivity contribution in [3.05, 3.63) is 40.2 Å². The zero-order valence-corrected chi connectivity index (χ0v) is 10.3. The quantitative estimate of drug-likeness (QED) is 0.572. The Morgan fingerprint density at radius 3 is 2.63 bits per heavy atom. The van der Waals surface area contributed by atoms with Crippen LogP contribution in [0.2, 0.25) is 0 Å². The number of carbonyl (C=O) groups is 2. The molecule has 0 bridgehead atoms. The smallest absolute Gasteiger partial charge is 0.336 e. The predicted octanol–water partition coefficient (Wildman–Crippen LogP) is 1.41. The van der Waals surface area contributed by atoms with Crippen molar-refractivity contribution in [2.45, 2.75) is 13.3 Å². The van der Waals surface area contributed by atoms with Crippen LogP contribution in [-0.2, 0) is 9.59 Å². The minimum Gasteiger partial charge on any atom is -0.423 e. The number of fused-ring (bicyclic) bond motifs is 1. The van der Waals surface area contributed by atoms with Gasteiger partial charge in [0.2, 0.25) is 5.91 Å². The monoisotopic (exact) mass is 257 g/mol. The lowest BCUT2D eigenvalue weighted by Gasteiger charge is -2.15. The summed E-state index contributed by atoms with van der Waals surface area (Å²) in [6, 6.07) is 6.59. The molecule has 0 unspecified atom stereocenters. The number of Topliss-reactive ketones (excluding diaryl/α,β-unsaturated/α-hetero) is 1. The van der Waals surface area contributed by atoms with Crippen LogP contribution in [0, 0.1) is 6.92 Å². The number of anilines is 1. The summed E-state index contributed by atoms with van der Waals surface area (Å²) in [5.41, 5.74) is 1.40. The van der Waals surface area contributed by atoms with Crippen LogP contribution >= 0.6 is 0 Å². The van der Waals surface area contributed by atoms with E-state index in [2.05, 4.69) is 0 Å². The summed E-state index contributed by atoms with van der Waals surface area (Å²) in [7, 11) is 0. The molecule has 0 saturated carbocycles. The lowest BCUT2D eigenvalue weighted by Crippen LogP contribution is -2.24. The molecular weight excluding hydrogens is 246 g/mol. The second kappa shape index (κ2) is 4.05. The number of benzene rings is 1. The molecule has 0 atom stereocenters. The molecule has 5 heteroatoms. The van der Waals surface area contributed by atoms with Gasteiger partial charge in [0.1, 0.15) is 5.58 Å². The zero-order valence-electron chi connectivity index (χ0n) is 10.3. The Balaban J connectivity index is 2.14. The second-order valence-corrected chi connectivity index (χ2v) is 4.62. The number of hydrogen-bond donors (Lipinski definition) is 0. The van der Waals surface area contributed by atoms with Gasteiger partial charge in [0.05, 0.1) is 13.0 Å². The van der Waals surface area contributed by atoms with Crippen LogP contribution in [0.5, 0.6) is 0 Å². The molecule has 0 N–H and O–H groups in total. The topological polar surface area (TPSA) is 67.6 Å². The Bertz CT molecular complexity index is 760. The second-order valence-electron chi connectivity index (χ2n) is 4.62. The summed E-state index contributed by atoms with van der Waals surface area (Å²) in [5.74, 6) is -0.324. The summed E-state index contributed by atoms with van der Waals surface area (Å²) in [5, 5.41) is 0.821. The van der Waals surface area contributed by atoms with Gasteiger partial charge in [-0.2, -0.15) is 0 Å². The van der Waals surface area contributed by atoms with Gasteiger partial charge in [0, 0.05) is 23.2 Å². The minimum absolute atomic E-state index is 0.0597. The van der Waals surface area contributed by atoms with Crippen molar-refractivity contribution in [3.63, 3.8) is 0 Å². The molecule has 1 fully saturated rings. The van der Waals surface area contributed by atoms with E-state index in [0.29, 0.717) is 11.3 Å². The molecule has 1 aliphatic heterocycles. The molecule has 0 spiro atoms. The third kappa shape index (κ3) is 1.93. The standard InChI is InChI=1S/C14H11NO4/c1-8-4-14(18)19-12-5-9(2-3-11(8)12)15-7-10(16)6-13(15)17/h2-5H,6-7H2,1H3. The lowest BCUT2D eigenvalue weighted by atomic mass is 10.1. The van der Waals surface area contributed by atoms with Gasteiger partial charge in [0.25, 0.3) is 0 Å². The Hall–Kier alpha value is -2.43. The van der Waals surface area contributed by atoms with Crippen LogP contribution in [0.1, 0.15) is 12.0 Å². The fraction of sp³-hybridized carbons (Fsp3) is 0.214. The summed E-state index contributed by atoms with van der Waals surface area (Å²) in [6.45, 7) is 1.91. The normalized spacial score (nSPS) is 15.5. The average Bonchev–Trinajstić information content (AvgIpc) is 2.67. The first-order chi connectivity index (χ1) is 9.04. The molecule has 1 amide bonds. The van der Waals surface area contributed by atoms with Crippen LogP contribution in [0.25, 0.3) is 11.0 Å². The van der Waals surface area contributed by atoms with Crippen LogP contribution < -0.4 is 10.5 Å². The number of aryl methyl sites for hydroxylation is 1. The molecular formula is C14H11NO4. The van der Waals surface area contributed by atoms with Gasteiger partial charge in [-0.05, 0) is 24.6 Å². The highest BCUT2D eigenvalue weighted by molar-refractivity contribution is 6.15. The first-order valence-electron chi connectivity index (χ1n) is 5.91. The summed E-state index contributed by atoms with van der Waals surface area (Å²) in [6.07, 6.45) is -0.0597. The van der Waals surface area contributed by atoms with Crippen LogP contribution in [0.4, 0.5) is 5.69 Å². The molecule has 0 radical (unpaired) electrons. The van der Waals surface area contributed by atoms with Gasteiger partial charge in [-0.3, -0.25) is 9.59 Å². The van der Waals surface area contributed by atoms with Gasteiger partial charge in [-0.15, -0.1) is 0 Å². The fourth-order valence-corrected chi connectivity index (χ4v) is 2.30. The van der Waals surface area contributed by atoms with Gasteiger partial charge in [-0.25, -0.2) is 4.79 Å². The number of rotatable bonds is 1. The van der Waals surface area contributed by atoms with Crippen molar-refractivity contribution in [2.75, 3.05) is 11.4 Å². The molecule has 1 aromatic carbocycles. The SMILES string of the molecule is Cc1cc(=O)oc2cc(N3CC(=O)CC3=O)ccc12. The van der Waals surface area contributed by atoms with Crippen molar-refractivity contribution in [1.29, 1.82) is 0 Å². The maximum atomic E-state index is 11.7. The molecule has 0 aliphatic carbocycles. The van der Waals surface area contributed by atoms with E-state index in [4.69, 9.17) is 4.42 Å². The summed E-state index contributed by atoms with van der Waals surface area (Å²) >= 11 is 0. The summed E-state index contributed by atoms with van der Waals surface area (Å²) < 4.78 is 5.13. The van der Waals surface area contributed by atoms with Gasteiger partial charge < -0.3 is 9.32 Å². The van der Waals surface area contributed by atoms with E-state index in [0.717, 1.165) is 10.9 Å². The van der Waals surface area contributed by atoms with Crippen LogP contribution in [0.3, 0.4) is 0 Å². The molecule has 2 aromatic rings. The largest absolute Gasteiger partial charge is 0.423 e. The van der Waals surface area contributed by atoms with E-state index in [1.807, 2.05) is 6.92 Å². The van der Waals surface area contributed by atoms with Crippen molar-refractivity contribution in [2.24, 2.45) is 0 Å². The maximum absolute atomic E-state index is 11.7. The lowest BCUT2D eigenvalue weighted by molar-refractivity contribution is -0.121. The van der Waals surface area contributed by atoms with Crippen molar-refractivity contribution in [1.82, 2.24) is 0 Å². The van der Waals surface area contributed by atoms with E-state index in [1.54, 1.807) is 18.2 Å². The zero-order chi connectivity index (χ0) is 13.6. The fourth-order valence-electron chi connectivity index (χ4n) is 2.30. The Morgan fingerprint density at radius 1 is 1.16 bits per heavy atom. The number of amides is 1. The molecule has 2 heterocycles. The number of hydrogen-bond acceptors (Lipinski definition) is 4. The van der Waals surface area contributed by atoms with E-state index in [9.17, 15) is 14.4 Å². The van der Waals surface area contributed by atoms with Gasteiger partial charge in [0.15, 0.2) is 5.78 Å². The van der Waals surface area contributed by atoms with E-state index in [-0.39, 0.29) is 24.7 Å². The summed E-state index contributed by atoms with van der Waals surface area (Å²) in [4.78, 5) is 35.7. The third-order valence-corrected chi connectivity index (χ3v) is 3.23. The van der Waals surface area contributed by atoms with Gasteiger partial charge in [-0.1, -0.05) is 0 Å². The highest BCUT2D eigenvalue weighted by atomic mass is 16.4. The molecule has 3 rings (SSSR count). The van der Waals surface area contributed by atoms with E-state index in [1.165, 1.54) is 11.0 Å². The number of nitrogens with zero attached hydrogens (tertiary/aromatic N) is 1. The third-order valence-electron chi connectivity index (χ3n) is 3.23. The highest BCUT2D eigenvalue weighted by Crippen LogP contribution is 2.25. The Morgan fingerprint density at radius 2 is 1.95 bits per heavy atom. The molecule has 96 valence electrons. The van der Waals surface area contributed by atoms with Crippen LogP contribution in [-0.4, -0.2) is 18.2 Å². The predicted molar refractivity (Wildman–Crippen MR) is 69.2 cm³/mol. The molecule has 1 saturated heterocycles. The molecule has 1 aromatic heterocycles. The average molecular weight is 257 g/mol. The minimum atomic E-state index is -0.425. The maximum Gasteiger partial charge on any atom is 0.336 e. The Kier molecular flexibility index (Phi) is 2.48. The van der Waals surface area contributed by atoms with Crippen molar-refractivity contribution < 1.29 is 14.0 Å². The first-order valence-corrected chi connectivity index (χ1v) is 5.91. The van der Waals surface area contributed by atoms with E-state index >= 15 is 0 Å². The number of ketones is 1. The van der Waals surface area contributed by atoms with Crippen molar-refractivity contribution in [3.8, 4) is 0 Å². The highest BCUT2D eigenvalue weighted by Gasteiger charge is 2.28. The first kappa shape index (κ1) is 11.6. The van der Waals surface area contributed by atoms with Crippen LogP contribution in [0.15, 0.2) is 33.5 Å². The number of carbonyl (C=O) groups excluding carboxylic acids is 2. The van der Waals surface area contributed by atoms with E-state index < -0.39 is 5.63 Å². The molecule has 5 nitrogen and oxygen atoms in total. The molecule has 19 heavy (non-hydrogen) atoms. The Labute approximate surface area is 108 Å². The van der Waals surface area contributed by atoms with Crippen molar-refractivity contribution >= 4 is 28.3 Å². The van der Waals surface area contributed by atoms with Gasteiger partial charge >= 0.3 is 5.63 Å². The molecule has 1 aliphatic rings.